The van der Waals surface area contributed by atoms with Gasteiger partial charge in [0, 0.05) is 17.5 Å². The first-order chi connectivity index (χ1) is 8.20. The Hall–Kier alpha value is -1.42. The first kappa shape index (κ1) is 12.0. The van der Waals surface area contributed by atoms with E-state index in [1.165, 1.54) is 7.11 Å². The Labute approximate surface area is 104 Å². The van der Waals surface area contributed by atoms with Crippen molar-refractivity contribution in [3.05, 3.63) is 22.7 Å². The molecule has 1 heterocycles. The lowest BCUT2D eigenvalue weighted by Gasteiger charge is -2.19. The molecule has 92 valence electrons. The number of esters is 1. The maximum atomic E-state index is 11.1. The standard InChI is InChI=1S/C12H13ClO4/c1-15-12(14)3-2-8-6-10-11(7-9(8)13)17-5-4-16-10/h6-7H,2-5H2,1H3. The fourth-order valence-corrected chi connectivity index (χ4v) is 1.88. The van der Waals surface area contributed by atoms with E-state index >= 15 is 0 Å². The van der Waals surface area contributed by atoms with Crippen LogP contribution in [0.1, 0.15) is 12.0 Å². The summed E-state index contributed by atoms with van der Waals surface area (Å²) in [5, 5.41) is 0.582. The molecule has 4 nitrogen and oxygen atoms in total. The van der Waals surface area contributed by atoms with Crippen LogP contribution in [-0.2, 0) is 16.0 Å². The van der Waals surface area contributed by atoms with Gasteiger partial charge in [-0.15, -0.1) is 0 Å². The van der Waals surface area contributed by atoms with E-state index in [1.807, 2.05) is 6.07 Å². The van der Waals surface area contributed by atoms with Crippen LogP contribution in [0.25, 0.3) is 0 Å². The molecule has 1 aliphatic rings. The highest BCUT2D eigenvalue weighted by atomic mass is 35.5. The van der Waals surface area contributed by atoms with Gasteiger partial charge in [0.05, 0.1) is 7.11 Å². The van der Waals surface area contributed by atoms with Crippen LogP contribution in [0, 0.1) is 0 Å². The third-order valence-electron chi connectivity index (χ3n) is 2.54. The molecule has 1 aliphatic heterocycles. The number of methoxy groups -OCH3 is 1. The quantitative estimate of drug-likeness (QED) is 0.778. The maximum absolute atomic E-state index is 11.1. The van der Waals surface area contributed by atoms with Crippen molar-refractivity contribution in [1.29, 1.82) is 0 Å². The molecule has 0 saturated carbocycles. The fraction of sp³-hybridized carbons (Fsp3) is 0.417. The summed E-state index contributed by atoms with van der Waals surface area (Å²) in [6, 6.07) is 3.54. The molecule has 0 saturated heterocycles. The van der Waals surface area contributed by atoms with Gasteiger partial charge in [-0.1, -0.05) is 11.6 Å². The summed E-state index contributed by atoms with van der Waals surface area (Å²) in [5.74, 6) is 1.08. The van der Waals surface area contributed by atoms with Crippen LogP contribution in [-0.4, -0.2) is 26.3 Å². The smallest absolute Gasteiger partial charge is 0.305 e. The van der Waals surface area contributed by atoms with Crippen molar-refractivity contribution >= 4 is 17.6 Å². The second kappa shape index (κ2) is 5.27. The highest BCUT2D eigenvalue weighted by Gasteiger charge is 2.15. The number of halogens is 1. The zero-order valence-electron chi connectivity index (χ0n) is 9.49. The second-order valence-corrected chi connectivity index (χ2v) is 4.07. The minimum Gasteiger partial charge on any atom is -0.486 e. The average Bonchev–Trinajstić information content (AvgIpc) is 2.35. The van der Waals surface area contributed by atoms with Crippen LogP contribution in [0.4, 0.5) is 0 Å². The van der Waals surface area contributed by atoms with Gasteiger partial charge in [-0.2, -0.15) is 0 Å². The van der Waals surface area contributed by atoms with E-state index in [9.17, 15) is 4.79 Å². The van der Waals surface area contributed by atoms with Crippen molar-refractivity contribution in [3.8, 4) is 11.5 Å². The Balaban J connectivity index is 2.14. The van der Waals surface area contributed by atoms with Crippen molar-refractivity contribution in [2.24, 2.45) is 0 Å². The van der Waals surface area contributed by atoms with Gasteiger partial charge in [0.1, 0.15) is 13.2 Å². The van der Waals surface area contributed by atoms with E-state index in [4.69, 9.17) is 21.1 Å². The number of hydrogen-bond donors (Lipinski definition) is 0. The van der Waals surface area contributed by atoms with Crippen molar-refractivity contribution in [1.82, 2.24) is 0 Å². The SMILES string of the molecule is COC(=O)CCc1cc2c(cc1Cl)OCCO2. The van der Waals surface area contributed by atoms with Crippen molar-refractivity contribution in [2.75, 3.05) is 20.3 Å². The van der Waals surface area contributed by atoms with Crippen LogP contribution < -0.4 is 9.47 Å². The molecule has 1 aromatic rings. The van der Waals surface area contributed by atoms with E-state index in [0.717, 1.165) is 5.56 Å². The number of ether oxygens (including phenoxy) is 3. The van der Waals surface area contributed by atoms with Gasteiger partial charge >= 0.3 is 5.97 Å². The molecule has 0 amide bonds. The second-order valence-electron chi connectivity index (χ2n) is 3.66. The van der Waals surface area contributed by atoms with Crippen LogP contribution in [0.15, 0.2) is 12.1 Å². The minimum absolute atomic E-state index is 0.254. The van der Waals surface area contributed by atoms with Crippen LogP contribution in [0.5, 0.6) is 11.5 Å². The number of carbonyl (C=O) groups is 1. The fourth-order valence-electron chi connectivity index (χ4n) is 1.64. The Morgan fingerprint density at radius 1 is 1.35 bits per heavy atom. The van der Waals surface area contributed by atoms with E-state index < -0.39 is 0 Å². The van der Waals surface area contributed by atoms with E-state index in [-0.39, 0.29) is 5.97 Å². The lowest BCUT2D eigenvalue weighted by molar-refractivity contribution is -0.140. The highest BCUT2D eigenvalue weighted by Crippen LogP contribution is 2.35. The molecule has 17 heavy (non-hydrogen) atoms. The predicted molar refractivity (Wildman–Crippen MR) is 62.8 cm³/mol. The van der Waals surface area contributed by atoms with Crippen LogP contribution >= 0.6 is 11.6 Å². The Morgan fingerprint density at radius 3 is 2.65 bits per heavy atom. The number of aryl methyl sites for hydroxylation is 1. The number of benzene rings is 1. The van der Waals surface area contributed by atoms with Crippen molar-refractivity contribution in [2.45, 2.75) is 12.8 Å². The lowest BCUT2D eigenvalue weighted by atomic mass is 10.1. The summed E-state index contributed by atoms with van der Waals surface area (Å²) in [4.78, 5) is 11.1. The first-order valence-corrected chi connectivity index (χ1v) is 5.73. The van der Waals surface area contributed by atoms with E-state index in [2.05, 4.69) is 4.74 Å². The molecular formula is C12H13ClO4. The molecule has 0 bridgehead atoms. The molecule has 5 heteroatoms. The van der Waals surface area contributed by atoms with Crippen LogP contribution in [0.3, 0.4) is 0 Å². The van der Waals surface area contributed by atoms with Gasteiger partial charge in [-0.25, -0.2) is 0 Å². The summed E-state index contributed by atoms with van der Waals surface area (Å²) in [6.07, 6.45) is 0.831. The predicted octanol–water partition coefficient (Wildman–Crippen LogP) is 2.22. The van der Waals surface area contributed by atoms with Gasteiger partial charge in [-0.3, -0.25) is 4.79 Å². The Morgan fingerprint density at radius 2 is 2.00 bits per heavy atom. The van der Waals surface area contributed by atoms with Gasteiger partial charge in [0.15, 0.2) is 11.5 Å². The van der Waals surface area contributed by atoms with Gasteiger partial charge < -0.3 is 14.2 Å². The van der Waals surface area contributed by atoms with Crippen LogP contribution in [0.2, 0.25) is 5.02 Å². The summed E-state index contributed by atoms with van der Waals surface area (Å²) in [5.41, 5.74) is 0.862. The monoisotopic (exact) mass is 256 g/mol. The molecule has 0 unspecified atom stereocenters. The van der Waals surface area contributed by atoms with Crippen molar-refractivity contribution in [3.63, 3.8) is 0 Å². The van der Waals surface area contributed by atoms with Crippen molar-refractivity contribution < 1.29 is 19.0 Å². The van der Waals surface area contributed by atoms with E-state index in [0.29, 0.717) is 42.6 Å². The molecule has 1 aromatic carbocycles. The Bertz CT molecular complexity index is 431. The molecule has 0 fully saturated rings. The zero-order valence-corrected chi connectivity index (χ0v) is 10.3. The van der Waals surface area contributed by atoms with E-state index in [1.54, 1.807) is 6.07 Å². The minimum atomic E-state index is -0.254. The summed E-state index contributed by atoms with van der Waals surface area (Å²) >= 11 is 6.10. The number of carbonyl (C=O) groups excluding carboxylic acids is 1. The molecule has 0 aromatic heterocycles. The molecule has 0 radical (unpaired) electrons. The topological polar surface area (TPSA) is 44.8 Å². The lowest BCUT2D eigenvalue weighted by Crippen LogP contribution is -2.15. The number of fused-ring (bicyclic) bond motifs is 1. The number of rotatable bonds is 3. The molecule has 0 atom stereocenters. The number of hydrogen-bond acceptors (Lipinski definition) is 4. The molecule has 0 N–H and O–H groups in total. The van der Waals surface area contributed by atoms with Gasteiger partial charge in [0.25, 0.3) is 0 Å². The molecule has 0 aliphatic carbocycles. The third kappa shape index (κ3) is 2.82. The largest absolute Gasteiger partial charge is 0.486 e. The third-order valence-corrected chi connectivity index (χ3v) is 2.89. The molecule has 2 rings (SSSR count). The summed E-state index contributed by atoms with van der Waals surface area (Å²) in [7, 11) is 1.37. The molecular weight excluding hydrogens is 244 g/mol. The average molecular weight is 257 g/mol. The van der Waals surface area contributed by atoms with Gasteiger partial charge in [-0.05, 0) is 18.1 Å². The first-order valence-electron chi connectivity index (χ1n) is 5.35. The molecule has 0 spiro atoms. The summed E-state index contributed by atoms with van der Waals surface area (Å²) in [6.45, 7) is 1.07. The zero-order chi connectivity index (χ0) is 12.3. The Kier molecular flexibility index (Phi) is 3.74. The van der Waals surface area contributed by atoms with Gasteiger partial charge in [0.2, 0.25) is 0 Å². The maximum Gasteiger partial charge on any atom is 0.305 e. The normalized spacial score (nSPS) is 13.3. The highest BCUT2D eigenvalue weighted by molar-refractivity contribution is 6.31. The summed E-state index contributed by atoms with van der Waals surface area (Å²) < 4.78 is 15.4.